The van der Waals surface area contributed by atoms with Gasteiger partial charge >= 0.3 is 0 Å². The fraction of sp³-hybridized carbons (Fsp3) is 0.455. The molecule has 0 saturated carbocycles. The molecule has 0 aliphatic carbocycles. The van der Waals surface area contributed by atoms with Gasteiger partial charge in [-0.2, -0.15) is 0 Å². The highest BCUT2D eigenvalue weighted by molar-refractivity contribution is 7.94. The van der Waals surface area contributed by atoms with Crippen LogP contribution < -0.4 is 5.32 Å². The topological polar surface area (TPSA) is 59.3 Å². The number of hydrogen-bond donors (Lipinski definition) is 1. The van der Waals surface area contributed by atoms with Gasteiger partial charge < -0.3 is 9.73 Å². The second-order valence-electron chi connectivity index (χ2n) is 4.12. The summed E-state index contributed by atoms with van der Waals surface area (Å²) in [4.78, 5) is 0. The van der Waals surface area contributed by atoms with E-state index in [0.717, 1.165) is 12.2 Å². The third kappa shape index (κ3) is 2.96. The Kier molecular flexibility index (Phi) is 3.16. The van der Waals surface area contributed by atoms with Crippen molar-refractivity contribution in [2.24, 2.45) is 0 Å². The van der Waals surface area contributed by atoms with Crippen LogP contribution in [0.3, 0.4) is 0 Å². The summed E-state index contributed by atoms with van der Waals surface area (Å²) < 4.78 is 27.6. The normalized spacial score (nSPS) is 24.7. The van der Waals surface area contributed by atoms with E-state index in [4.69, 9.17) is 4.42 Å². The molecule has 88 valence electrons. The van der Waals surface area contributed by atoms with Crippen LogP contribution in [0.15, 0.2) is 34.3 Å². The fourth-order valence-electron chi connectivity index (χ4n) is 1.83. The van der Waals surface area contributed by atoms with Crippen LogP contribution in [-0.4, -0.2) is 26.3 Å². The summed E-state index contributed by atoms with van der Waals surface area (Å²) in [6.45, 7) is 2.02. The third-order valence-electron chi connectivity index (χ3n) is 2.52. The summed E-state index contributed by atoms with van der Waals surface area (Å²) in [5.74, 6) is 1.07. The molecular formula is C11H15NO3S. The molecule has 1 aliphatic rings. The van der Waals surface area contributed by atoms with E-state index in [1.54, 1.807) is 12.3 Å². The minimum Gasteiger partial charge on any atom is -0.469 e. The van der Waals surface area contributed by atoms with E-state index in [1.807, 2.05) is 19.1 Å². The Morgan fingerprint density at radius 1 is 1.62 bits per heavy atom. The molecule has 0 radical (unpaired) electrons. The lowest BCUT2D eigenvalue weighted by atomic mass is 10.1. The molecule has 5 heteroatoms. The number of rotatable bonds is 4. The molecule has 0 bridgehead atoms. The lowest BCUT2D eigenvalue weighted by Gasteiger charge is -2.16. The smallest absolute Gasteiger partial charge is 0.173 e. The van der Waals surface area contributed by atoms with Crippen molar-refractivity contribution in [2.45, 2.75) is 25.4 Å². The van der Waals surface area contributed by atoms with Gasteiger partial charge in [-0.25, -0.2) is 8.42 Å². The minimum atomic E-state index is -2.97. The van der Waals surface area contributed by atoms with Crippen LogP contribution >= 0.6 is 0 Å². The molecule has 1 N–H and O–H groups in total. The summed E-state index contributed by atoms with van der Waals surface area (Å²) in [6.07, 6.45) is 4.10. The lowest BCUT2D eigenvalue weighted by molar-refractivity contribution is 0.447. The Hall–Kier alpha value is -1.07. The molecular weight excluding hydrogens is 226 g/mol. The summed E-state index contributed by atoms with van der Waals surface area (Å²) in [7, 11) is -2.97. The molecule has 2 heterocycles. The van der Waals surface area contributed by atoms with Crippen LogP contribution in [-0.2, 0) is 16.3 Å². The molecule has 2 rings (SSSR count). The van der Waals surface area contributed by atoms with Crippen molar-refractivity contribution in [3.63, 3.8) is 0 Å². The largest absolute Gasteiger partial charge is 0.469 e. The number of nitrogens with one attached hydrogen (secondary N) is 1. The number of sulfone groups is 1. The monoisotopic (exact) mass is 241 g/mol. The van der Waals surface area contributed by atoms with Crippen LogP contribution in [0.2, 0.25) is 0 Å². The third-order valence-corrected chi connectivity index (χ3v) is 3.91. The molecule has 0 aromatic carbocycles. The molecule has 0 amide bonds. The van der Waals surface area contributed by atoms with Gasteiger partial charge in [-0.1, -0.05) is 6.08 Å². The maximum Gasteiger partial charge on any atom is 0.173 e. The Labute approximate surface area is 95.3 Å². The van der Waals surface area contributed by atoms with Gasteiger partial charge in [0.2, 0.25) is 0 Å². The van der Waals surface area contributed by atoms with Crippen molar-refractivity contribution in [1.29, 1.82) is 0 Å². The van der Waals surface area contributed by atoms with Crippen LogP contribution in [0, 0.1) is 0 Å². The Bertz CT molecular complexity index is 461. The van der Waals surface area contributed by atoms with Crippen molar-refractivity contribution >= 4 is 9.84 Å². The van der Waals surface area contributed by atoms with Gasteiger partial charge in [-0.05, 0) is 19.1 Å². The van der Waals surface area contributed by atoms with E-state index in [-0.39, 0.29) is 17.8 Å². The molecule has 0 saturated heterocycles. The molecule has 2 atom stereocenters. The second-order valence-corrected chi connectivity index (χ2v) is 6.05. The van der Waals surface area contributed by atoms with Crippen LogP contribution in [0.1, 0.15) is 12.7 Å². The first kappa shape index (κ1) is 11.4. The summed E-state index contributed by atoms with van der Waals surface area (Å²) in [5.41, 5.74) is 0. The van der Waals surface area contributed by atoms with E-state index in [1.165, 1.54) is 5.41 Å². The summed E-state index contributed by atoms with van der Waals surface area (Å²) >= 11 is 0. The van der Waals surface area contributed by atoms with Gasteiger partial charge in [0.25, 0.3) is 0 Å². The zero-order valence-corrected chi connectivity index (χ0v) is 9.91. The first-order chi connectivity index (χ1) is 7.55. The average Bonchev–Trinajstić information content (AvgIpc) is 2.76. The Balaban J connectivity index is 1.85. The fourth-order valence-corrected chi connectivity index (χ4v) is 3.08. The van der Waals surface area contributed by atoms with E-state index in [0.29, 0.717) is 0 Å². The van der Waals surface area contributed by atoms with Crippen molar-refractivity contribution in [3.8, 4) is 0 Å². The Morgan fingerprint density at radius 3 is 3.00 bits per heavy atom. The van der Waals surface area contributed by atoms with E-state index in [9.17, 15) is 8.42 Å². The molecule has 0 spiro atoms. The van der Waals surface area contributed by atoms with Gasteiger partial charge in [-0.15, -0.1) is 0 Å². The molecule has 16 heavy (non-hydrogen) atoms. The number of hydrogen-bond acceptors (Lipinski definition) is 4. The zero-order valence-electron chi connectivity index (χ0n) is 9.09. The zero-order chi connectivity index (χ0) is 11.6. The van der Waals surface area contributed by atoms with Gasteiger partial charge in [0.15, 0.2) is 9.84 Å². The van der Waals surface area contributed by atoms with Gasteiger partial charge in [0.1, 0.15) is 5.76 Å². The highest BCUT2D eigenvalue weighted by Crippen LogP contribution is 2.10. The number of furan rings is 1. The Morgan fingerprint density at radius 2 is 2.44 bits per heavy atom. The van der Waals surface area contributed by atoms with Gasteiger partial charge in [-0.3, -0.25) is 0 Å². The molecule has 1 aromatic rings. The highest BCUT2D eigenvalue weighted by Gasteiger charge is 2.22. The van der Waals surface area contributed by atoms with Crippen molar-refractivity contribution < 1.29 is 12.8 Å². The van der Waals surface area contributed by atoms with Crippen molar-refractivity contribution in [1.82, 2.24) is 5.32 Å². The maximum absolute atomic E-state index is 11.2. The SMILES string of the molecule is CC(Cc1ccco1)NC1C=CS(=O)(=O)C1. The molecule has 1 aliphatic heterocycles. The second kappa shape index (κ2) is 4.43. The van der Waals surface area contributed by atoms with Crippen LogP contribution in [0.5, 0.6) is 0 Å². The van der Waals surface area contributed by atoms with Crippen LogP contribution in [0.4, 0.5) is 0 Å². The molecule has 0 fully saturated rings. The molecule has 4 nitrogen and oxygen atoms in total. The minimum absolute atomic E-state index is 0.0741. The quantitative estimate of drug-likeness (QED) is 0.858. The molecule has 1 aromatic heterocycles. The van der Waals surface area contributed by atoms with E-state index >= 15 is 0 Å². The first-order valence-electron chi connectivity index (χ1n) is 5.24. The first-order valence-corrected chi connectivity index (χ1v) is 6.96. The van der Waals surface area contributed by atoms with Crippen molar-refractivity contribution in [3.05, 3.63) is 35.6 Å². The summed E-state index contributed by atoms with van der Waals surface area (Å²) in [5, 5.41) is 4.53. The van der Waals surface area contributed by atoms with Crippen molar-refractivity contribution in [2.75, 3.05) is 5.75 Å². The standard InChI is InChI=1S/C11H15NO3S/c1-9(7-11-3-2-5-15-11)12-10-4-6-16(13,14)8-10/h2-6,9-10,12H,7-8H2,1H3. The van der Waals surface area contributed by atoms with E-state index < -0.39 is 9.84 Å². The predicted octanol–water partition coefficient (Wildman–Crippen LogP) is 1.11. The maximum atomic E-state index is 11.2. The van der Waals surface area contributed by atoms with Crippen LogP contribution in [0.25, 0.3) is 0 Å². The van der Waals surface area contributed by atoms with Gasteiger partial charge in [0, 0.05) is 23.9 Å². The highest BCUT2D eigenvalue weighted by atomic mass is 32.2. The van der Waals surface area contributed by atoms with E-state index in [2.05, 4.69) is 5.32 Å². The summed E-state index contributed by atoms with van der Waals surface area (Å²) in [6, 6.07) is 3.88. The molecule has 2 unspecified atom stereocenters. The van der Waals surface area contributed by atoms with Gasteiger partial charge in [0.05, 0.1) is 12.0 Å². The predicted molar refractivity (Wildman–Crippen MR) is 61.7 cm³/mol. The average molecular weight is 241 g/mol. The lowest BCUT2D eigenvalue weighted by Crippen LogP contribution is -2.38.